The molecule has 2 fully saturated rings. The zero-order valence-electron chi connectivity index (χ0n) is 11.5. The molecular formula is C14H25NO3. The second kappa shape index (κ2) is 5.68. The van der Waals surface area contributed by atoms with Crippen molar-refractivity contribution >= 4 is 5.78 Å². The smallest absolute Gasteiger partial charge is 0.140 e. The average Bonchev–Trinajstić information content (AvgIpc) is 2.38. The van der Waals surface area contributed by atoms with E-state index in [1.54, 1.807) is 0 Å². The Balaban J connectivity index is 1.99. The van der Waals surface area contributed by atoms with E-state index in [2.05, 4.69) is 0 Å². The summed E-state index contributed by atoms with van der Waals surface area (Å²) in [6, 6.07) is -0.0639. The lowest BCUT2D eigenvalue weighted by molar-refractivity contribution is -0.159. The van der Waals surface area contributed by atoms with E-state index >= 15 is 0 Å². The van der Waals surface area contributed by atoms with E-state index in [0.29, 0.717) is 12.4 Å². The van der Waals surface area contributed by atoms with E-state index in [0.717, 1.165) is 38.9 Å². The fourth-order valence-corrected chi connectivity index (χ4v) is 2.99. The summed E-state index contributed by atoms with van der Waals surface area (Å²) in [5.41, 5.74) is 5.74. The van der Waals surface area contributed by atoms with E-state index in [9.17, 15) is 4.79 Å². The Bertz CT molecular complexity index is 292. The quantitative estimate of drug-likeness (QED) is 0.830. The van der Waals surface area contributed by atoms with Crippen molar-refractivity contribution in [3.63, 3.8) is 0 Å². The first-order valence-corrected chi connectivity index (χ1v) is 7.05. The van der Waals surface area contributed by atoms with Crippen molar-refractivity contribution in [1.82, 2.24) is 0 Å². The predicted octanol–water partition coefficient (Wildman–Crippen LogP) is 1.51. The molecule has 3 atom stereocenters. The third-order valence-corrected chi connectivity index (χ3v) is 4.54. The fourth-order valence-electron chi connectivity index (χ4n) is 2.99. The molecule has 2 aliphatic heterocycles. The second-order valence-electron chi connectivity index (χ2n) is 5.88. The lowest BCUT2D eigenvalue weighted by Gasteiger charge is -2.43. The first-order valence-electron chi connectivity index (χ1n) is 7.05. The molecule has 1 spiro atoms. The molecule has 0 radical (unpaired) electrons. The number of ketones is 1. The van der Waals surface area contributed by atoms with Crippen LogP contribution in [-0.2, 0) is 14.3 Å². The summed E-state index contributed by atoms with van der Waals surface area (Å²) in [4.78, 5) is 12.4. The van der Waals surface area contributed by atoms with Gasteiger partial charge >= 0.3 is 0 Å². The minimum Gasteiger partial charge on any atom is -0.381 e. The maximum atomic E-state index is 12.4. The number of hydrogen-bond donors (Lipinski definition) is 1. The van der Waals surface area contributed by atoms with E-state index < -0.39 is 0 Å². The van der Waals surface area contributed by atoms with Gasteiger partial charge in [0.25, 0.3) is 0 Å². The van der Waals surface area contributed by atoms with E-state index in [1.807, 2.05) is 13.8 Å². The molecule has 3 unspecified atom stereocenters. The highest BCUT2D eigenvalue weighted by Crippen LogP contribution is 2.38. The van der Waals surface area contributed by atoms with E-state index in [1.165, 1.54) is 0 Å². The molecule has 0 aromatic heterocycles. The Morgan fingerprint density at radius 1 is 1.28 bits per heavy atom. The fraction of sp³-hybridized carbons (Fsp3) is 0.929. The highest BCUT2D eigenvalue weighted by atomic mass is 16.5. The minimum atomic E-state index is -0.103. The number of ether oxygens (including phenoxy) is 2. The zero-order chi connectivity index (χ0) is 13.2. The highest BCUT2D eigenvalue weighted by molar-refractivity contribution is 5.83. The molecule has 0 aliphatic carbocycles. The molecule has 4 nitrogen and oxygen atoms in total. The van der Waals surface area contributed by atoms with Crippen LogP contribution in [0.25, 0.3) is 0 Å². The third-order valence-electron chi connectivity index (χ3n) is 4.54. The average molecular weight is 255 g/mol. The molecule has 0 saturated carbocycles. The van der Waals surface area contributed by atoms with Crippen molar-refractivity contribution in [1.29, 1.82) is 0 Å². The molecule has 2 saturated heterocycles. The molecule has 2 N–H and O–H groups in total. The Morgan fingerprint density at radius 2 is 1.94 bits per heavy atom. The Kier molecular flexibility index (Phi) is 4.41. The summed E-state index contributed by atoms with van der Waals surface area (Å²) < 4.78 is 11.4. The van der Waals surface area contributed by atoms with Crippen LogP contribution in [0, 0.1) is 11.8 Å². The van der Waals surface area contributed by atoms with Gasteiger partial charge in [0.1, 0.15) is 5.78 Å². The van der Waals surface area contributed by atoms with Crippen molar-refractivity contribution in [2.75, 3.05) is 19.8 Å². The van der Waals surface area contributed by atoms with Gasteiger partial charge in [-0.2, -0.15) is 0 Å². The van der Waals surface area contributed by atoms with Gasteiger partial charge in [0.15, 0.2) is 0 Å². The number of carbonyl (C=O) groups is 1. The first-order chi connectivity index (χ1) is 8.54. The predicted molar refractivity (Wildman–Crippen MR) is 69.3 cm³/mol. The van der Waals surface area contributed by atoms with E-state index in [4.69, 9.17) is 15.2 Å². The van der Waals surface area contributed by atoms with Crippen LogP contribution in [-0.4, -0.2) is 37.2 Å². The van der Waals surface area contributed by atoms with Crippen LogP contribution in [0.2, 0.25) is 0 Å². The van der Waals surface area contributed by atoms with Crippen LogP contribution in [0.1, 0.15) is 39.5 Å². The zero-order valence-corrected chi connectivity index (χ0v) is 11.5. The van der Waals surface area contributed by atoms with Crippen LogP contribution in [0.3, 0.4) is 0 Å². The van der Waals surface area contributed by atoms with Gasteiger partial charge in [-0.3, -0.25) is 4.79 Å². The lowest BCUT2D eigenvalue weighted by Crippen LogP contribution is -2.47. The van der Waals surface area contributed by atoms with Crippen molar-refractivity contribution in [3.8, 4) is 0 Å². The van der Waals surface area contributed by atoms with Gasteiger partial charge in [0, 0.05) is 37.7 Å². The molecule has 2 heterocycles. The lowest BCUT2D eigenvalue weighted by atomic mass is 9.76. The molecule has 4 heteroatoms. The third kappa shape index (κ3) is 2.92. The Morgan fingerprint density at radius 3 is 2.56 bits per heavy atom. The van der Waals surface area contributed by atoms with Crippen molar-refractivity contribution in [2.45, 2.75) is 51.2 Å². The molecule has 0 amide bonds. The Hall–Kier alpha value is -0.450. The molecule has 0 bridgehead atoms. The summed E-state index contributed by atoms with van der Waals surface area (Å²) in [5, 5.41) is 0. The number of Topliss-reactive ketones (excluding diaryl/α,β-unsaturated/α-hetero) is 1. The first kappa shape index (κ1) is 14.0. The molecule has 18 heavy (non-hydrogen) atoms. The normalized spacial score (nSPS) is 30.9. The second-order valence-corrected chi connectivity index (χ2v) is 5.88. The molecule has 2 rings (SSSR count). The standard InChI is InChI=1S/C14H25NO3/c1-10(11(2)15)13(16)12-3-6-18-14(9-12)4-7-17-8-5-14/h10-12H,3-9,15H2,1-2H3. The minimum absolute atomic E-state index is 0.0509. The molecular weight excluding hydrogens is 230 g/mol. The van der Waals surface area contributed by atoms with Crippen molar-refractivity contribution < 1.29 is 14.3 Å². The largest absolute Gasteiger partial charge is 0.381 e. The van der Waals surface area contributed by atoms with E-state index in [-0.39, 0.29) is 23.5 Å². The van der Waals surface area contributed by atoms with Gasteiger partial charge in [-0.15, -0.1) is 0 Å². The summed E-state index contributed by atoms with van der Waals surface area (Å²) in [6.45, 7) is 6.06. The van der Waals surface area contributed by atoms with Crippen LogP contribution in [0.5, 0.6) is 0 Å². The topological polar surface area (TPSA) is 61.6 Å². The number of nitrogens with two attached hydrogens (primary N) is 1. The molecule has 104 valence electrons. The highest BCUT2D eigenvalue weighted by Gasteiger charge is 2.42. The monoisotopic (exact) mass is 255 g/mol. The maximum absolute atomic E-state index is 12.4. The Labute approximate surface area is 109 Å². The van der Waals surface area contributed by atoms with Gasteiger partial charge < -0.3 is 15.2 Å². The number of rotatable bonds is 3. The molecule has 0 aromatic rings. The van der Waals surface area contributed by atoms with Crippen molar-refractivity contribution in [2.24, 2.45) is 17.6 Å². The number of carbonyl (C=O) groups excluding carboxylic acids is 1. The van der Waals surface area contributed by atoms with Crippen LogP contribution < -0.4 is 5.73 Å². The van der Waals surface area contributed by atoms with Gasteiger partial charge in [-0.1, -0.05) is 6.92 Å². The summed E-state index contributed by atoms with van der Waals surface area (Å²) in [5.74, 6) is 0.391. The van der Waals surface area contributed by atoms with Crippen LogP contribution >= 0.6 is 0 Å². The van der Waals surface area contributed by atoms with Crippen molar-refractivity contribution in [3.05, 3.63) is 0 Å². The number of hydrogen-bond acceptors (Lipinski definition) is 4. The van der Waals surface area contributed by atoms with Gasteiger partial charge in [0.2, 0.25) is 0 Å². The molecule has 2 aliphatic rings. The van der Waals surface area contributed by atoms with Gasteiger partial charge in [-0.05, 0) is 32.6 Å². The molecule has 0 aromatic carbocycles. The summed E-state index contributed by atoms with van der Waals surface area (Å²) in [6.07, 6.45) is 3.54. The summed E-state index contributed by atoms with van der Waals surface area (Å²) in [7, 11) is 0. The van der Waals surface area contributed by atoms with Gasteiger partial charge in [0.05, 0.1) is 5.60 Å². The van der Waals surface area contributed by atoms with Crippen LogP contribution in [0.4, 0.5) is 0 Å². The van der Waals surface area contributed by atoms with Crippen LogP contribution in [0.15, 0.2) is 0 Å². The maximum Gasteiger partial charge on any atom is 0.140 e. The summed E-state index contributed by atoms with van der Waals surface area (Å²) >= 11 is 0. The van der Waals surface area contributed by atoms with Gasteiger partial charge in [-0.25, -0.2) is 0 Å². The SMILES string of the molecule is CC(N)C(C)C(=O)C1CCOC2(CCOCC2)C1.